The van der Waals surface area contributed by atoms with Crippen molar-refractivity contribution in [3.63, 3.8) is 0 Å². The molecule has 0 amide bonds. The zero-order chi connectivity index (χ0) is 9.59. The summed E-state index contributed by atoms with van der Waals surface area (Å²) in [7, 11) is 0. The number of hydrogen-bond donors (Lipinski definition) is 0. The maximum absolute atomic E-state index is 11.4. The molecule has 0 aromatic heterocycles. The summed E-state index contributed by atoms with van der Waals surface area (Å²) < 4.78 is 5.60. The molecule has 2 unspecified atom stereocenters. The van der Waals surface area contributed by atoms with Gasteiger partial charge in [0.05, 0.1) is 0 Å². The molecule has 2 rings (SSSR count). The summed E-state index contributed by atoms with van der Waals surface area (Å²) in [4.78, 5) is 11.4. The van der Waals surface area contributed by atoms with Crippen molar-refractivity contribution < 1.29 is 9.53 Å². The van der Waals surface area contributed by atoms with Crippen LogP contribution in [0.25, 0.3) is 0 Å². The molecule has 0 fully saturated rings. The molecule has 2 nitrogen and oxygen atoms in total. The highest BCUT2D eigenvalue weighted by atomic mass is 16.5. The van der Waals surface area contributed by atoms with E-state index in [1.807, 2.05) is 6.92 Å². The number of carbonyl (C=O) groups excluding carboxylic acids is 1. The first kappa shape index (κ1) is 8.54. The van der Waals surface area contributed by atoms with E-state index in [1.165, 1.54) is 0 Å². The summed E-state index contributed by atoms with van der Waals surface area (Å²) in [6, 6.07) is 0. The number of Topliss-reactive ketones (excluding diaryl/α,β-unsaturated/α-hetero) is 1. The van der Waals surface area contributed by atoms with E-state index in [0.29, 0.717) is 5.92 Å². The van der Waals surface area contributed by atoms with Gasteiger partial charge >= 0.3 is 0 Å². The lowest BCUT2D eigenvalue weighted by molar-refractivity contribution is -0.114. The van der Waals surface area contributed by atoms with Crippen LogP contribution in [0, 0.1) is 11.8 Å². The van der Waals surface area contributed by atoms with Crippen molar-refractivity contribution in [2.45, 2.75) is 26.9 Å². The number of hydrogen-bond acceptors (Lipinski definition) is 2. The molecular weight excluding hydrogens is 164 g/mol. The molecule has 2 aliphatic rings. The molecule has 0 saturated heterocycles. The first-order valence-electron chi connectivity index (χ1n) is 4.68. The first-order valence-corrected chi connectivity index (χ1v) is 4.68. The molecule has 70 valence electrons. The minimum atomic E-state index is 0.119. The Morgan fingerprint density at radius 1 is 1.46 bits per heavy atom. The van der Waals surface area contributed by atoms with Gasteiger partial charge in [-0.3, -0.25) is 4.79 Å². The van der Waals surface area contributed by atoms with Crippen LogP contribution in [0.3, 0.4) is 0 Å². The van der Waals surface area contributed by atoms with Gasteiger partial charge in [0.25, 0.3) is 0 Å². The monoisotopic (exact) mass is 178 g/mol. The van der Waals surface area contributed by atoms with Gasteiger partial charge < -0.3 is 4.74 Å². The quantitative estimate of drug-likeness (QED) is 0.574. The van der Waals surface area contributed by atoms with Crippen LogP contribution in [0.5, 0.6) is 0 Å². The predicted molar refractivity (Wildman–Crippen MR) is 50.0 cm³/mol. The molecule has 0 saturated carbocycles. The van der Waals surface area contributed by atoms with Crippen LogP contribution in [0.2, 0.25) is 0 Å². The Morgan fingerprint density at radius 3 is 2.77 bits per heavy atom. The fourth-order valence-electron chi connectivity index (χ4n) is 2.35. The molecule has 13 heavy (non-hydrogen) atoms. The molecular formula is C11H14O2. The highest BCUT2D eigenvalue weighted by molar-refractivity contribution is 5.95. The summed E-state index contributed by atoms with van der Waals surface area (Å²) in [6.07, 6.45) is 4.31. The smallest absolute Gasteiger partial charge is 0.159 e. The number of ketones is 1. The Kier molecular flexibility index (Phi) is 1.79. The highest BCUT2D eigenvalue weighted by Crippen LogP contribution is 2.41. The van der Waals surface area contributed by atoms with Gasteiger partial charge in [0, 0.05) is 11.5 Å². The highest BCUT2D eigenvalue weighted by Gasteiger charge is 2.41. The summed E-state index contributed by atoms with van der Waals surface area (Å²) in [5.41, 5.74) is 0.891. The third-order valence-electron chi connectivity index (χ3n) is 2.93. The van der Waals surface area contributed by atoms with Gasteiger partial charge in [-0.1, -0.05) is 13.0 Å². The van der Waals surface area contributed by atoms with Crippen LogP contribution < -0.4 is 0 Å². The maximum Gasteiger partial charge on any atom is 0.159 e. The summed E-state index contributed by atoms with van der Waals surface area (Å²) in [5.74, 6) is 1.68. The minimum absolute atomic E-state index is 0.119. The number of carbonyl (C=O) groups is 1. The van der Waals surface area contributed by atoms with Gasteiger partial charge in [-0.2, -0.15) is 0 Å². The van der Waals surface area contributed by atoms with E-state index < -0.39 is 0 Å². The van der Waals surface area contributed by atoms with Crippen LogP contribution in [0.15, 0.2) is 23.5 Å². The lowest BCUT2D eigenvalue weighted by atomic mass is 9.87. The van der Waals surface area contributed by atoms with Crippen molar-refractivity contribution in [2.24, 2.45) is 11.8 Å². The minimum Gasteiger partial charge on any atom is -0.490 e. The average molecular weight is 178 g/mol. The number of allylic oxidation sites excluding steroid dienone is 2. The largest absolute Gasteiger partial charge is 0.490 e. The molecule has 0 spiro atoms. The van der Waals surface area contributed by atoms with Crippen LogP contribution in [0.1, 0.15) is 20.8 Å². The van der Waals surface area contributed by atoms with E-state index >= 15 is 0 Å². The molecule has 0 aromatic rings. The van der Waals surface area contributed by atoms with Gasteiger partial charge in [0.2, 0.25) is 0 Å². The molecule has 0 aromatic carbocycles. The zero-order valence-corrected chi connectivity index (χ0v) is 8.20. The van der Waals surface area contributed by atoms with Crippen molar-refractivity contribution in [3.05, 3.63) is 23.5 Å². The number of rotatable bonds is 1. The molecule has 2 heteroatoms. The van der Waals surface area contributed by atoms with Crippen molar-refractivity contribution in [2.75, 3.05) is 0 Å². The number of fused-ring (bicyclic) bond motifs is 1. The second-order valence-corrected chi connectivity index (χ2v) is 3.88. The van der Waals surface area contributed by atoms with Crippen molar-refractivity contribution in [1.82, 2.24) is 0 Å². The summed E-state index contributed by atoms with van der Waals surface area (Å²) in [5, 5.41) is 0. The van der Waals surface area contributed by atoms with E-state index in [0.717, 1.165) is 11.3 Å². The molecule has 1 aliphatic carbocycles. The molecule has 0 bridgehead atoms. The van der Waals surface area contributed by atoms with E-state index in [9.17, 15) is 4.79 Å². The van der Waals surface area contributed by atoms with E-state index in [-0.39, 0.29) is 17.8 Å². The molecule has 0 radical (unpaired) electrons. The fraction of sp³-hybridized carbons (Fsp3) is 0.545. The average Bonchev–Trinajstić information content (AvgIpc) is 2.51. The Hall–Kier alpha value is -1.05. The Morgan fingerprint density at radius 2 is 2.15 bits per heavy atom. The Bertz CT molecular complexity index is 312. The lowest BCUT2D eigenvalue weighted by Crippen LogP contribution is -2.19. The van der Waals surface area contributed by atoms with Crippen molar-refractivity contribution in [1.29, 1.82) is 0 Å². The summed E-state index contributed by atoms with van der Waals surface area (Å²) >= 11 is 0. The van der Waals surface area contributed by atoms with Crippen LogP contribution in [-0.4, -0.2) is 11.9 Å². The van der Waals surface area contributed by atoms with Gasteiger partial charge in [0.15, 0.2) is 5.78 Å². The molecule has 1 heterocycles. The van der Waals surface area contributed by atoms with Gasteiger partial charge in [-0.15, -0.1) is 0 Å². The Labute approximate surface area is 78.3 Å². The van der Waals surface area contributed by atoms with E-state index in [1.54, 1.807) is 6.92 Å². The molecule has 3 atom stereocenters. The first-order chi connectivity index (χ1) is 6.11. The van der Waals surface area contributed by atoms with Crippen LogP contribution >= 0.6 is 0 Å². The topological polar surface area (TPSA) is 26.3 Å². The van der Waals surface area contributed by atoms with Gasteiger partial charge in [0.1, 0.15) is 11.9 Å². The lowest BCUT2D eigenvalue weighted by Gasteiger charge is -2.14. The SMILES string of the molecule is CC(=O)C1=C(C)OC2C=C[C@@H](C)C12. The second-order valence-electron chi connectivity index (χ2n) is 3.88. The standard InChI is InChI=1S/C11H14O2/c1-6-4-5-9-10(6)11(7(2)12)8(3)13-9/h4-6,9-10H,1-3H3/t6-,9?,10?/m1/s1. The fourth-order valence-corrected chi connectivity index (χ4v) is 2.35. The number of ether oxygens (including phenoxy) is 1. The van der Waals surface area contributed by atoms with Gasteiger partial charge in [-0.05, 0) is 25.8 Å². The van der Waals surface area contributed by atoms with Crippen molar-refractivity contribution in [3.8, 4) is 0 Å². The Balaban J connectivity index is 2.35. The van der Waals surface area contributed by atoms with Gasteiger partial charge in [-0.25, -0.2) is 0 Å². The predicted octanol–water partition coefficient (Wildman–Crippen LogP) is 2.07. The third-order valence-corrected chi connectivity index (χ3v) is 2.93. The van der Waals surface area contributed by atoms with E-state index in [2.05, 4.69) is 19.1 Å². The van der Waals surface area contributed by atoms with Crippen LogP contribution in [-0.2, 0) is 9.53 Å². The third kappa shape index (κ3) is 1.12. The van der Waals surface area contributed by atoms with Crippen LogP contribution in [0.4, 0.5) is 0 Å². The molecule has 1 aliphatic heterocycles. The maximum atomic E-state index is 11.4. The zero-order valence-electron chi connectivity index (χ0n) is 8.20. The normalized spacial score (nSPS) is 36.4. The van der Waals surface area contributed by atoms with E-state index in [4.69, 9.17) is 4.74 Å². The second kappa shape index (κ2) is 2.72. The summed E-state index contributed by atoms with van der Waals surface area (Å²) in [6.45, 7) is 5.64. The van der Waals surface area contributed by atoms with Crippen molar-refractivity contribution >= 4 is 5.78 Å². The molecule has 0 N–H and O–H groups in total.